The standard InChI is InChI=1S/C22H29N7O2/c1-15-5-3-6-16-13-18(22(30)23-19(15)16)20(28-10-8-27(2)9-11-28)21-24-25-26-29(21)14-17-7-4-12-31-17/h3,5-6,13,17,20H,4,7-12,14H2,1-2H3,(H,23,30)/p+2/t17-,20-/m1/s1. The number of aromatic amines is 1. The fourth-order valence-electron chi connectivity index (χ4n) is 4.97. The molecule has 31 heavy (non-hydrogen) atoms. The molecule has 2 aliphatic heterocycles. The van der Waals surface area contributed by atoms with E-state index in [-0.39, 0.29) is 17.7 Å². The highest BCUT2D eigenvalue weighted by Gasteiger charge is 2.37. The summed E-state index contributed by atoms with van der Waals surface area (Å²) in [5, 5.41) is 13.8. The maximum Gasteiger partial charge on any atom is 0.258 e. The van der Waals surface area contributed by atoms with Crippen LogP contribution in [0.5, 0.6) is 0 Å². The first-order valence-corrected chi connectivity index (χ1v) is 11.3. The number of nitrogens with one attached hydrogen (secondary N) is 3. The van der Waals surface area contributed by atoms with Crippen LogP contribution in [0, 0.1) is 6.92 Å². The third kappa shape index (κ3) is 4.00. The Morgan fingerprint density at radius 1 is 1.29 bits per heavy atom. The van der Waals surface area contributed by atoms with Gasteiger partial charge in [0, 0.05) is 6.61 Å². The van der Waals surface area contributed by atoms with Crippen molar-refractivity contribution in [3.63, 3.8) is 0 Å². The van der Waals surface area contributed by atoms with Crippen LogP contribution in [0.15, 0.2) is 29.1 Å². The van der Waals surface area contributed by atoms with Gasteiger partial charge in [0.15, 0.2) is 6.04 Å². The topological polar surface area (TPSA) is 94.6 Å². The highest BCUT2D eigenvalue weighted by molar-refractivity contribution is 5.82. The smallest absolute Gasteiger partial charge is 0.258 e. The van der Waals surface area contributed by atoms with E-state index in [2.05, 4.69) is 33.6 Å². The SMILES string of the molecule is Cc1cccc2cc([C@H](c3nnnn3C[C@H]3CCCO3)[NH+]3CC[NH+](C)CC3)c(=O)[nH]c12. The molecular weight excluding hydrogens is 394 g/mol. The molecule has 3 N–H and O–H groups in total. The fourth-order valence-corrected chi connectivity index (χ4v) is 4.97. The van der Waals surface area contributed by atoms with Crippen LogP contribution in [0.2, 0.25) is 0 Å². The van der Waals surface area contributed by atoms with Crippen molar-refractivity contribution in [3.8, 4) is 0 Å². The molecule has 2 saturated heterocycles. The molecule has 0 aliphatic carbocycles. The Labute approximate surface area is 181 Å². The molecule has 3 aromatic rings. The van der Waals surface area contributed by atoms with E-state index in [0.29, 0.717) is 6.54 Å². The lowest BCUT2D eigenvalue weighted by Crippen LogP contribution is -3.27. The number of fused-ring (bicyclic) bond motifs is 1. The minimum absolute atomic E-state index is 0.0581. The van der Waals surface area contributed by atoms with Crippen LogP contribution in [0.4, 0.5) is 0 Å². The molecule has 0 radical (unpaired) electrons. The van der Waals surface area contributed by atoms with Gasteiger partial charge in [-0.05, 0) is 47.2 Å². The number of nitrogens with zero attached hydrogens (tertiary/aromatic N) is 4. The van der Waals surface area contributed by atoms with Gasteiger partial charge in [-0.15, -0.1) is 5.10 Å². The number of para-hydroxylation sites is 1. The van der Waals surface area contributed by atoms with Gasteiger partial charge >= 0.3 is 0 Å². The number of aryl methyl sites for hydroxylation is 1. The van der Waals surface area contributed by atoms with E-state index >= 15 is 0 Å². The van der Waals surface area contributed by atoms with Crippen LogP contribution in [0.3, 0.4) is 0 Å². The number of likely N-dealkylation sites (N-methyl/N-ethyl adjacent to an activating group) is 1. The molecule has 2 atom stereocenters. The maximum absolute atomic E-state index is 13.3. The summed E-state index contributed by atoms with van der Waals surface area (Å²) in [6, 6.07) is 7.93. The first-order chi connectivity index (χ1) is 15.1. The normalized spacial score (nSPS) is 25.2. The molecule has 2 fully saturated rings. The molecule has 2 aromatic heterocycles. The second-order valence-electron chi connectivity index (χ2n) is 9.00. The van der Waals surface area contributed by atoms with Gasteiger partial charge in [0.25, 0.3) is 5.56 Å². The predicted molar refractivity (Wildman–Crippen MR) is 115 cm³/mol. The van der Waals surface area contributed by atoms with Gasteiger partial charge in [-0.1, -0.05) is 18.2 Å². The maximum atomic E-state index is 13.3. The van der Waals surface area contributed by atoms with Crippen molar-refractivity contribution in [1.82, 2.24) is 25.2 Å². The van der Waals surface area contributed by atoms with E-state index in [1.807, 2.05) is 29.8 Å². The van der Waals surface area contributed by atoms with E-state index in [1.54, 1.807) is 0 Å². The number of piperazine rings is 1. The van der Waals surface area contributed by atoms with Gasteiger partial charge in [0.1, 0.15) is 26.2 Å². The second kappa shape index (κ2) is 8.49. The molecule has 164 valence electrons. The van der Waals surface area contributed by atoms with Gasteiger partial charge in [-0.2, -0.15) is 0 Å². The van der Waals surface area contributed by atoms with E-state index in [0.717, 1.165) is 73.5 Å². The number of rotatable bonds is 5. The monoisotopic (exact) mass is 425 g/mol. The van der Waals surface area contributed by atoms with Gasteiger partial charge in [0.2, 0.25) is 5.82 Å². The highest BCUT2D eigenvalue weighted by atomic mass is 16.5. The number of hydrogen-bond acceptors (Lipinski definition) is 5. The van der Waals surface area contributed by atoms with E-state index in [1.165, 1.54) is 9.80 Å². The Hall–Kier alpha value is -2.62. The van der Waals surface area contributed by atoms with Crippen LogP contribution < -0.4 is 15.4 Å². The lowest BCUT2D eigenvalue weighted by atomic mass is 10.0. The van der Waals surface area contributed by atoms with E-state index < -0.39 is 0 Å². The van der Waals surface area contributed by atoms with Crippen LogP contribution in [0.25, 0.3) is 10.9 Å². The largest absolute Gasteiger partial charge is 0.376 e. The van der Waals surface area contributed by atoms with Gasteiger partial charge in [0.05, 0.1) is 30.8 Å². The number of pyridine rings is 1. The molecule has 2 aliphatic rings. The second-order valence-corrected chi connectivity index (χ2v) is 9.00. The number of aromatic nitrogens is 5. The summed E-state index contributed by atoms with van der Waals surface area (Å²) in [5.41, 5.74) is 2.64. The first kappa shape index (κ1) is 20.3. The van der Waals surface area contributed by atoms with Crippen molar-refractivity contribution in [1.29, 1.82) is 0 Å². The Kier molecular flexibility index (Phi) is 5.56. The van der Waals surface area contributed by atoms with Crippen molar-refractivity contribution in [2.45, 2.75) is 38.5 Å². The number of benzene rings is 1. The first-order valence-electron chi connectivity index (χ1n) is 11.3. The van der Waals surface area contributed by atoms with Crippen LogP contribution in [-0.2, 0) is 11.3 Å². The summed E-state index contributed by atoms with van der Waals surface area (Å²) in [6.07, 6.45) is 2.22. The van der Waals surface area contributed by atoms with Gasteiger partial charge in [-0.25, -0.2) is 4.68 Å². The minimum atomic E-state index is -0.210. The predicted octanol–water partition coefficient (Wildman–Crippen LogP) is -1.50. The van der Waals surface area contributed by atoms with Crippen LogP contribution in [-0.4, -0.2) is 71.1 Å². The molecule has 0 amide bonds. The molecule has 9 heteroatoms. The molecule has 4 heterocycles. The summed E-state index contributed by atoms with van der Waals surface area (Å²) < 4.78 is 7.69. The zero-order valence-electron chi connectivity index (χ0n) is 18.2. The van der Waals surface area contributed by atoms with Gasteiger partial charge < -0.3 is 19.5 Å². The van der Waals surface area contributed by atoms with E-state index in [9.17, 15) is 4.79 Å². The summed E-state index contributed by atoms with van der Waals surface area (Å²) >= 11 is 0. The van der Waals surface area contributed by atoms with Gasteiger partial charge in [-0.3, -0.25) is 4.79 Å². The van der Waals surface area contributed by atoms with Crippen LogP contribution in [0.1, 0.15) is 35.8 Å². The molecule has 0 saturated carbocycles. The molecule has 0 bridgehead atoms. The molecular formula is C22H31N7O2+2. The zero-order chi connectivity index (χ0) is 21.4. The molecule has 9 nitrogen and oxygen atoms in total. The highest BCUT2D eigenvalue weighted by Crippen LogP contribution is 2.21. The number of tetrazole rings is 1. The number of hydrogen-bond donors (Lipinski definition) is 3. The molecule has 0 spiro atoms. The Balaban J connectivity index is 1.59. The third-order valence-corrected chi connectivity index (χ3v) is 6.80. The molecule has 0 unspecified atom stereocenters. The number of ether oxygens (including phenoxy) is 1. The minimum Gasteiger partial charge on any atom is -0.376 e. The average Bonchev–Trinajstić information content (AvgIpc) is 3.44. The summed E-state index contributed by atoms with van der Waals surface area (Å²) in [5.74, 6) is 0.752. The van der Waals surface area contributed by atoms with Crippen molar-refractivity contribution < 1.29 is 14.5 Å². The van der Waals surface area contributed by atoms with Crippen molar-refractivity contribution in [2.24, 2.45) is 0 Å². The lowest BCUT2D eigenvalue weighted by Gasteiger charge is -2.32. The van der Waals surface area contributed by atoms with Crippen LogP contribution >= 0.6 is 0 Å². The fraction of sp³-hybridized carbons (Fsp3) is 0.545. The Morgan fingerprint density at radius 3 is 2.90 bits per heavy atom. The quantitative estimate of drug-likeness (QED) is 0.463. The average molecular weight is 426 g/mol. The molecule has 5 rings (SSSR count). The molecule has 1 aromatic carbocycles. The van der Waals surface area contributed by atoms with Crippen molar-refractivity contribution in [2.75, 3.05) is 39.8 Å². The number of quaternary nitrogens is 2. The van der Waals surface area contributed by atoms with Crippen molar-refractivity contribution in [3.05, 3.63) is 51.6 Å². The Bertz CT molecular complexity index is 1110. The third-order valence-electron chi connectivity index (χ3n) is 6.80. The number of H-pyrrole nitrogens is 1. The van der Waals surface area contributed by atoms with Crippen molar-refractivity contribution >= 4 is 10.9 Å². The zero-order valence-corrected chi connectivity index (χ0v) is 18.2. The lowest BCUT2D eigenvalue weighted by molar-refractivity contribution is -1.02. The summed E-state index contributed by atoms with van der Waals surface area (Å²) in [6.45, 7) is 7.49. The summed E-state index contributed by atoms with van der Waals surface area (Å²) in [4.78, 5) is 19.3. The van der Waals surface area contributed by atoms with E-state index in [4.69, 9.17) is 4.74 Å². The Morgan fingerprint density at radius 2 is 2.13 bits per heavy atom. The summed E-state index contributed by atoms with van der Waals surface area (Å²) in [7, 11) is 2.22.